The highest BCUT2D eigenvalue weighted by Gasteiger charge is 2.15. The summed E-state index contributed by atoms with van der Waals surface area (Å²) in [5.74, 6) is -0.811. The zero-order chi connectivity index (χ0) is 20.7. The molecular formula is C20H24FN3O4S. The van der Waals surface area contributed by atoms with E-state index in [9.17, 15) is 17.6 Å². The van der Waals surface area contributed by atoms with Gasteiger partial charge in [-0.1, -0.05) is 12.1 Å². The van der Waals surface area contributed by atoms with Crippen LogP contribution in [0.4, 0.5) is 10.1 Å². The van der Waals surface area contributed by atoms with Gasteiger partial charge < -0.3 is 10.1 Å². The standard InChI is InChI=1S/C20H24FN3O4S/c21-17-4-6-19(7-5-17)29(26,27)22-9-8-20(25)23-18-3-1-2-16(14-18)15-24-10-12-28-13-11-24/h1-7,14,22H,8-13,15H2,(H,23,25). The van der Waals surface area contributed by atoms with E-state index in [0.29, 0.717) is 5.69 Å². The fraction of sp³-hybridized carbons (Fsp3) is 0.350. The number of benzene rings is 2. The third kappa shape index (κ3) is 6.60. The molecule has 0 atom stereocenters. The highest BCUT2D eigenvalue weighted by atomic mass is 32.2. The molecule has 7 nitrogen and oxygen atoms in total. The number of morpholine rings is 1. The second-order valence-electron chi connectivity index (χ2n) is 6.74. The van der Waals surface area contributed by atoms with Crippen LogP contribution in [-0.4, -0.2) is 52.1 Å². The summed E-state index contributed by atoms with van der Waals surface area (Å²) in [6.07, 6.45) is -0.0197. The van der Waals surface area contributed by atoms with Crippen molar-refractivity contribution < 1.29 is 22.3 Å². The average Bonchev–Trinajstić information content (AvgIpc) is 2.69. The topological polar surface area (TPSA) is 87.7 Å². The van der Waals surface area contributed by atoms with E-state index in [1.165, 1.54) is 12.1 Å². The first-order valence-corrected chi connectivity index (χ1v) is 10.8. The molecule has 29 heavy (non-hydrogen) atoms. The molecule has 1 heterocycles. The van der Waals surface area contributed by atoms with Gasteiger partial charge in [0.15, 0.2) is 0 Å². The highest BCUT2D eigenvalue weighted by molar-refractivity contribution is 7.89. The van der Waals surface area contributed by atoms with Gasteiger partial charge in [-0.2, -0.15) is 0 Å². The Hall–Kier alpha value is -2.33. The Morgan fingerprint density at radius 2 is 1.83 bits per heavy atom. The lowest BCUT2D eigenvalue weighted by Crippen LogP contribution is -2.35. The van der Waals surface area contributed by atoms with Crippen LogP contribution < -0.4 is 10.0 Å². The molecule has 9 heteroatoms. The number of carbonyl (C=O) groups is 1. The van der Waals surface area contributed by atoms with Crippen molar-refractivity contribution in [2.75, 3.05) is 38.2 Å². The van der Waals surface area contributed by atoms with Crippen LogP contribution in [0.2, 0.25) is 0 Å². The number of rotatable bonds is 8. The predicted molar refractivity (Wildman–Crippen MR) is 107 cm³/mol. The molecule has 2 aromatic rings. The SMILES string of the molecule is O=C(CCNS(=O)(=O)c1ccc(F)cc1)Nc1cccc(CN2CCOCC2)c1. The van der Waals surface area contributed by atoms with Crippen LogP contribution in [0.15, 0.2) is 53.4 Å². The molecular weight excluding hydrogens is 397 g/mol. The molecule has 0 saturated carbocycles. The number of amides is 1. The van der Waals surface area contributed by atoms with E-state index in [1.807, 2.05) is 18.2 Å². The Kier molecular flexibility index (Phi) is 7.32. The summed E-state index contributed by atoms with van der Waals surface area (Å²) in [6, 6.07) is 12.1. The van der Waals surface area contributed by atoms with E-state index in [0.717, 1.165) is 50.5 Å². The van der Waals surface area contributed by atoms with E-state index >= 15 is 0 Å². The van der Waals surface area contributed by atoms with Crippen molar-refractivity contribution >= 4 is 21.6 Å². The molecule has 2 aromatic carbocycles. The van der Waals surface area contributed by atoms with Crippen LogP contribution in [0.25, 0.3) is 0 Å². The summed E-state index contributed by atoms with van der Waals surface area (Å²) in [5.41, 5.74) is 1.75. The first-order chi connectivity index (χ1) is 13.9. The van der Waals surface area contributed by atoms with E-state index in [2.05, 4.69) is 14.9 Å². The third-order valence-corrected chi connectivity index (χ3v) is 5.97. The summed E-state index contributed by atoms with van der Waals surface area (Å²) in [5, 5.41) is 2.79. The largest absolute Gasteiger partial charge is 0.379 e. The van der Waals surface area contributed by atoms with Crippen molar-refractivity contribution in [3.8, 4) is 0 Å². The lowest BCUT2D eigenvalue weighted by atomic mass is 10.1. The van der Waals surface area contributed by atoms with Gasteiger partial charge in [0.1, 0.15) is 5.82 Å². The van der Waals surface area contributed by atoms with Gasteiger partial charge in [-0.15, -0.1) is 0 Å². The first kappa shape index (κ1) is 21.4. The van der Waals surface area contributed by atoms with Crippen molar-refractivity contribution in [3.63, 3.8) is 0 Å². The Morgan fingerprint density at radius 3 is 2.55 bits per heavy atom. The monoisotopic (exact) mass is 421 g/mol. The van der Waals surface area contributed by atoms with Crippen molar-refractivity contribution in [1.29, 1.82) is 0 Å². The van der Waals surface area contributed by atoms with Crippen LogP contribution in [0.1, 0.15) is 12.0 Å². The molecule has 1 saturated heterocycles. The van der Waals surface area contributed by atoms with Gasteiger partial charge in [0.05, 0.1) is 18.1 Å². The maximum atomic E-state index is 12.9. The molecule has 1 aliphatic rings. The Balaban J connectivity index is 1.48. The molecule has 0 bridgehead atoms. The lowest BCUT2D eigenvalue weighted by Gasteiger charge is -2.26. The molecule has 0 spiro atoms. The van der Waals surface area contributed by atoms with Gasteiger partial charge in [-0.25, -0.2) is 17.5 Å². The van der Waals surface area contributed by atoms with Crippen LogP contribution in [-0.2, 0) is 26.1 Å². The highest BCUT2D eigenvalue weighted by Crippen LogP contribution is 2.14. The van der Waals surface area contributed by atoms with Gasteiger partial charge in [0.25, 0.3) is 0 Å². The third-order valence-electron chi connectivity index (χ3n) is 4.49. The van der Waals surface area contributed by atoms with Crippen LogP contribution in [0.5, 0.6) is 0 Å². The number of carbonyl (C=O) groups excluding carboxylic acids is 1. The zero-order valence-corrected chi connectivity index (χ0v) is 16.8. The second-order valence-corrected chi connectivity index (χ2v) is 8.51. The molecule has 0 aromatic heterocycles. The molecule has 1 amide bonds. The molecule has 156 valence electrons. The summed E-state index contributed by atoms with van der Waals surface area (Å²) in [6.45, 7) is 3.94. The Bertz CT molecular complexity index is 929. The van der Waals surface area contributed by atoms with Crippen molar-refractivity contribution in [3.05, 3.63) is 59.9 Å². The number of nitrogens with one attached hydrogen (secondary N) is 2. The number of hydrogen-bond acceptors (Lipinski definition) is 5. The molecule has 1 fully saturated rings. The van der Waals surface area contributed by atoms with Gasteiger partial charge in [-0.3, -0.25) is 9.69 Å². The van der Waals surface area contributed by atoms with Crippen molar-refractivity contribution in [2.45, 2.75) is 17.9 Å². The maximum absolute atomic E-state index is 12.9. The van der Waals surface area contributed by atoms with E-state index in [4.69, 9.17) is 4.74 Å². The van der Waals surface area contributed by atoms with Gasteiger partial charge in [0.2, 0.25) is 15.9 Å². The van der Waals surface area contributed by atoms with Gasteiger partial charge in [-0.05, 0) is 42.0 Å². The number of nitrogens with zero attached hydrogens (tertiary/aromatic N) is 1. The van der Waals surface area contributed by atoms with Gasteiger partial charge in [0, 0.05) is 38.3 Å². The number of ether oxygens (including phenoxy) is 1. The van der Waals surface area contributed by atoms with Crippen LogP contribution in [0, 0.1) is 5.82 Å². The second kappa shape index (κ2) is 9.93. The minimum absolute atomic E-state index is 0.0197. The molecule has 2 N–H and O–H groups in total. The molecule has 3 rings (SSSR count). The predicted octanol–water partition coefficient (Wildman–Crippen LogP) is 1.97. The van der Waals surface area contributed by atoms with Crippen LogP contribution >= 0.6 is 0 Å². The minimum atomic E-state index is -3.78. The lowest BCUT2D eigenvalue weighted by molar-refractivity contribution is -0.116. The summed E-state index contributed by atoms with van der Waals surface area (Å²) in [7, 11) is -3.78. The molecule has 0 aliphatic carbocycles. The van der Waals surface area contributed by atoms with E-state index in [1.54, 1.807) is 6.07 Å². The number of halogens is 1. The number of hydrogen-bond donors (Lipinski definition) is 2. The van der Waals surface area contributed by atoms with Crippen molar-refractivity contribution in [1.82, 2.24) is 9.62 Å². The fourth-order valence-corrected chi connectivity index (χ4v) is 4.02. The number of sulfonamides is 1. The average molecular weight is 421 g/mol. The summed E-state index contributed by atoms with van der Waals surface area (Å²) >= 11 is 0. The molecule has 0 unspecified atom stereocenters. The minimum Gasteiger partial charge on any atom is -0.379 e. The quantitative estimate of drug-likeness (QED) is 0.681. The summed E-state index contributed by atoms with van der Waals surface area (Å²) in [4.78, 5) is 14.4. The van der Waals surface area contributed by atoms with E-state index in [-0.39, 0.29) is 23.8 Å². The normalized spacial score (nSPS) is 15.2. The fourth-order valence-electron chi connectivity index (χ4n) is 2.98. The molecule has 1 aliphatic heterocycles. The Morgan fingerprint density at radius 1 is 1.10 bits per heavy atom. The smallest absolute Gasteiger partial charge is 0.240 e. The number of anilines is 1. The van der Waals surface area contributed by atoms with Crippen LogP contribution in [0.3, 0.4) is 0 Å². The maximum Gasteiger partial charge on any atom is 0.240 e. The van der Waals surface area contributed by atoms with E-state index < -0.39 is 15.8 Å². The van der Waals surface area contributed by atoms with Gasteiger partial charge >= 0.3 is 0 Å². The summed E-state index contributed by atoms with van der Waals surface area (Å²) < 4.78 is 44.9. The van der Waals surface area contributed by atoms with Crippen molar-refractivity contribution in [2.24, 2.45) is 0 Å². The first-order valence-electron chi connectivity index (χ1n) is 9.36. The molecule has 0 radical (unpaired) electrons. The zero-order valence-electron chi connectivity index (χ0n) is 15.9. The Labute approximate surface area is 169 Å².